The third-order valence-electron chi connectivity index (χ3n) is 5.47. The van der Waals surface area contributed by atoms with Crippen LogP contribution in [0.4, 0.5) is 14.5 Å². The summed E-state index contributed by atoms with van der Waals surface area (Å²) in [5, 5.41) is 11.4. The Morgan fingerprint density at radius 3 is 2.24 bits per heavy atom. The molecule has 1 heterocycles. The molecule has 34 heavy (non-hydrogen) atoms. The molecule has 0 spiro atoms. The highest BCUT2D eigenvalue weighted by atomic mass is 35.5. The van der Waals surface area contributed by atoms with Gasteiger partial charge in [0.25, 0.3) is 11.7 Å². The molecule has 6 nitrogen and oxygen atoms in total. The zero-order valence-corrected chi connectivity index (χ0v) is 18.8. The van der Waals surface area contributed by atoms with Crippen LogP contribution in [0.25, 0.3) is 5.76 Å². The second-order valence-electron chi connectivity index (χ2n) is 7.37. The third-order valence-corrected chi connectivity index (χ3v) is 5.77. The van der Waals surface area contributed by atoms with Crippen molar-refractivity contribution in [2.75, 3.05) is 19.1 Å². The lowest BCUT2D eigenvalue weighted by atomic mass is 9.94. The predicted molar refractivity (Wildman–Crippen MR) is 122 cm³/mol. The van der Waals surface area contributed by atoms with E-state index in [9.17, 15) is 23.5 Å². The number of Topliss-reactive ketones (excluding diaryl/α,β-unsaturated/α-hetero) is 1. The van der Waals surface area contributed by atoms with Crippen molar-refractivity contribution in [1.82, 2.24) is 0 Å². The van der Waals surface area contributed by atoms with Gasteiger partial charge < -0.3 is 14.6 Å². The summed E-state index contributed by atoms with van der Waals surface area (Å²) in [6, 6.07) is 12.9. The highest BCUT2D eigenvalue weighted by molar-refractivity contribution is 6.51. The molecule has 1 atom stereocenters. The zero-order valence-electron chi connectivity index (χ0n) is 18.0. The molecular weight excluding hydrogens is 468 g/mol. The number of rotatable bonds is 5. The van der Waals surface area contributed by atoms with Gasteiger partial charge in [-0.05, 0) is 23.8 Å². The van der Waals surface area contributed by atoms with E-state index in [0.29, 0.717) is 5.56 Å². The molecule has 1 N–H and O–H groups in total. The Kier molecular flexibility index (Phi) is 6.26. The van der Waals surface area contributed by atoms with Gasteiger partial charge in [-0.2, -0.15) is 0 Å². The normalized spacial score (nSPS) is 17.2. The van der Waals surface area contributed by atoms with Crippen molar-refractivity contribution < 1.29 is 33.0 Å². The van der Waals surface area contributed by atoms with E-state index in [2.05, 4.69) is 0 Å². The zero-order chi connectivity index (χ0) is 24.6. The number of nitrogens with zero attached hydrogens (tertiary/aromatic N) is 1. The van der Waals surface area contributed by atoms with Crippen LogP contribution >= 0.6 is 11.6 Å². The summed E-state index contributed by atoms with van der Waals surface area (Å²) in [5.74, 6) is -4.44. The number of hydrogen-bond donors (Lipinski definition) is 1. The van der Waals surface area contributed by atoms with Crippen molar-refractivity contribution in [2.45, 2.75) is 6.04 Å². The topological polar surface area (TPSA) is 76.1 Å². The van der Waals surface area contributed by atoms with E-state index in [-0.39, 0.29) is 33.3 Å². The minimum atomic E-state index is -1.19. The number of halogens is 3. The monoisotopic (exact) mass is 485 g/mol. The number of amides is 1. The molecule has 1 fully saturated rings. The van der Waals surface area contributed by atoms with E-state index < -0.39 is 35.1 Å². The number of benzene rings is 3. The largest absolute Gasteiger partial charge is 0.507 e. The van der Waals surface area contributed by atoms with Crippen LogP contribution in [0.3, 0.4) is 0 Å². The Labute approximate surface area is 198 Å². The molecule has 1 aliphatic rings. The molecule has 0 aromatic heterocycles. The second kappa shape index (κ2) is 9.15. The van der Waals surface area contributed by atoms with Gasteiger partial charge in [-0.25, -0.2) is 8.78 Å². The summed E-state index contributed by atoms with van der Waals surface area (Å²) in [5.41, 5.74) is 0.207. The first-order valence-electron chi connectivity index (χ1n) is 10.0. The van der Waals surface area contributed by atoms with Gasteiger partial charge in [0, 0.05) is 17.8 Å². The van der Waals surface area contributed by atoms with Crippen molar-refractivity contribution in [2.24, 2.45) is 0 Å². The van der Waals surface area contributed by atoms with Gasteiger partial charge in [-0.1, -0.05) is 41.9 Å². The predicted octanol–water partition coefficient (Wildman–Crippen LogP) is 5.26. The summed E-state index contributed by atoms with van der Waals surface area (Å²) in [7, 11) is 2.76. The molecule has 3 aromatic rings. The van der Waals surface area contributed by atoms with Gasteiger partial charge in [0.05, 0.1) is 36.4 Å². The summed E-state index contributed by atoms with van der Waals surface area (Å²) >= 11 is 6.23. The van der Waals surface area contributed by atoms with E-state index in [4.69, 9.17) is 21.1 Å². The summed E-state index contributed by atoms with van der Waals surface area (Å²) in [6.07, 6.45) is 0. The molecule has 1 aliphatic heterocycles. The lowest BCUT2D eigenvalue weighted by Gasteiger charge is -2.25. The van der Waals surface area contributed by atoms with E-state index in [1.807, 2.05) is 0 Å². The molecule has 0 radical (unpaired) electrons. The Morgan fingerprint density at radius 2 is 1.62 bits per heavy atom. The Balaban J connectivity index is 1.98. The standard InChI is InChI=1S/C25H18ClF2NO5/c1-33-19-12-20(34-2)16(26)11-15(19)23(30)21-22(13-6-4-3-5-7-13)29(25(32)24(21)31)14-8-9-17(27)18(28)10-14/h3-12,22,30H,1-2H3/b23-21+. The molecule has 1 unspecified atom stereocenters. The van der Waals surface area contributed by atoms with Crippen LogP contribution in [0.5, 0.6) is 11.5 Å². The number of carbonyl (C=O) groups excluding carboxylic acids is 2. The molecule has 4 rings (SSSR count). The molecule has 174 valence electrons. The van der Waals surface area contributed by atoms with Crippen LogP contribution in [-0.4, -0.2) is 31.0 Å². The average Bonchev–Trinajstić information content (AvgIpc) is 3.11. The van der Waals surface area contributed by atoms with Gasteiger partial charge in [-0.3, -0.25) is 14.5 Å². The summed E-state index contributed by atoms with van der Waals surface area (Å²) < 4.78 is 38.1. The fourth-order valence-electron chi connectivity index (χ4n) is 3.87. The molecular formula is C25H18ClF2NO5. The Hall–Kier alpha value is -3.91. The maximum Gasteiger partial charge on any atom is 0.300 e. The number of ketones is 1. The highest BCUT2D eigenvalue weighted by Crippen LogP contribution is 2.44. The first-order valence-corrected chi connectivity index (χ1v) is 10.4. The van der Waals surface area contributed by atoms with Gasteiger partial charge in [0.2, 0.25) is 0 Å². The molecule has 3 aromatic carbocycles. The van der Waals surface area contributed by atoms with Crippen LogP contribution < -0.4 is 14.4 Å². The van der Waals surface area contributed by atoms with Gasteiger partial charge in [0.1, 0.15) is 17.3 Å². The fraction of sp³-hybridized carbons (Fsp3) is 0.120. The maximum atomic E-state index is 14.0. The van der Waals surface area contributed by atoms with E-state index in [1.165, 1.54) is 32.4 Å². The lowest BCUT2D eigenvalue weighted by Crippen LogP contribution is -2.29. The van der Waals surface area contributed by atoms with E-state index in [1.54, 1.807) is 30.3 Å². The van der Waals surface area contributed by atoms with Crippen molar-refractivity contribution in [1.29, 1.82) is 0 Å². The number of aliphatic hydroxyl groups excluding tert-OH is 1. The number of aliphatic hydroxyl groups is 1. The smallest absolute Gasteiger partial charge is 0.300 e. The van der Waals surface area contributed by atoms with Crippen LogP contribution in [0.15, 0.2) is 66.2 Å². The van der Waals surface area contributed by atoms with Crippen LogP contribution in [0, 0.1) is 11.6 Å². The van der Waals surface area contributed by atoms with Crippen LogP contribution in [0.1, 0.15) is 17.2 Å². The fourth-order valence-corrected chi connectivity index (χ4v) is 4.12. The van der Waals surface area contributed by atoms with Crippen molar-refractivity contribution in [3.63, 3.8) is 0 Å². The maximum absolute atomic E-state index is 14.0. The van der Waals surface area contributed by atoms with Crippen molar-refractivity contribution >= 4 is 34.7 Å². The van der Waals surface area contributed by atoms with Gasteiger partial charge >= 0.3 is 0 Å². The number of methoxy groups -OCH3 is 2. The molecule has 0 bridgehead atoms. The molecule has 1 amide bonds. The molecule has 0 saturated carbocycles. The van der Waals surface area contributed by atoms with Crippen molar-refractivity contribution in [3.05, 3.63) is 94.0 Å². The summed E-state index contributed by atoms with van der Waals surface area (Å²) in [6.45, 7) is 0. The SMILES string of the molecule is COc1cc(OC)c(/C(O)=C2\C(=O)C(=O)N(c3ccc(F)c(F)c3)C2c2ccccc2)cc1Cl. The first-order chi connectivity index (χ1) is 16.3. The van der Waals surface area contributed by atoms with Gasteiger partial charge in [0.15, 0.2) is 11.6 Å². The Bertz CT molecular complexity index is 1330. The molecule has 1 saturated heterocycles. The lowest BCUT2D eigenvalue weighted by molar-refractivity contribution is -0.132. The number of hydrogen-bond acceptors (Lipinski definition) is 5. The van der Waals surface area contributed by atoms with Crippen LogP contribution in [0.2, 0.25) is 5.02 Å². The van der Waals surface area contributed by atoms with Crippen molar-refractivity contribution in [3.8, 4) is 11.5 Å². The molecule has 9 heteroatoms. The molecule has 0 aliphatic carbocycles. The van der Waals surface area contributed by atoms with Gasteiger partial charge in [-0.15, -0.1) is 0 Å². The Morgan fingerprint density at radius 1 is 0.941 bits per heavy atom. The number of anilines is 1. The minimum absolute atomic E-state index is 0.0476. The van der Waals surface area contributed by atoms with Crippen LogP contribution in [-0.2, 0) is 9.59 Å². The quantitative estimate of drug-likeness (QED) is 0.303. The minimum Gasteiger partial charge on any atom is -0.507 e. The highest BCUT2D eigenvalue weighted by Gasteiger charge is 2.47. The average molecular weight is 486 g/mol. The van der Waals surface area contributed by atoms with E-state index in [0.717, 1.165) is 17.0 Å². The first kappa shape index (κ1) is 23.3. The number of ether oxygens (including phenoxy) is 2. The third kappa shape index (κ3) is 3.86. The second-order valence-corrected chi connectivity index (χ2v) is 7.77. The van der Waals surface area contributed by atoms with E-state index >= 15 is 0 Å². The number of carbonyl (C=O) groups is 2. The summed E-state index contributed by atoms with van der Waals surface area (Å²) in [4.78, 5) is 27.3.